The number of thiocarbonyl (C=S) groups is 1. The summed E-state index contributed by atoms with van der Waals surface area (Å²) in [6, 6.07) is 20.5. The first kappa shape index (κ1) is 22.2. The maximum absolute atomic E-state index is 11.6. The van der Waals surface area contributed by atoms with Crippen LogP contribution in [0.1, 0.15) is 29.2 Å². The van der Waals surface area contributed by atoms with E-state index in [0.29, 0.717) is 17.3 Å². The maximum Gasteiger partial charge on any atom is 0.229 e. The van der Waals surface area contributed by atoms with E-state index in [1.165, 1.54) is 0 Å². The molecule has 4 aromatic rings. The highest BCUT2D eigenvalue weighted by atomic mass is 32.2. The van der Waals surface area contributed by atoms with Gasteiger partial charge in [-0.2, -0.15) is 0 Å². The minimum Gasteiger partial charge on any atom is -0.467 e. The van der Waals surface area contributed by atoms with Gasteiger partial charge in [0.25, 0.3) is 0 Å². The molecule has 10 heteroatoms. The number of sulfonamides is 1. The molecule has 1 aliphatic rings. The van der Waals surface area contributed by atoms with Crippen molar-refractivity contribution in [2.75, 3.05) is 15.9 Å². The molecule has 174 valence electrons. The summed E-state index contributed by atoms with van der Waals surface area (Å²) in [4.78, 5) is 6.64. The molecule has 2 atom stereocenters. The van der Waals surface area contributed by atoms with E-state index in [9.17, 15) is 8.42 Å². The van der Waals surface area contributed by atoms with Crippen LogP contribution in [0.15, 0.2) is 89.8 Å². The van der Waals surface area contributed by atoms with Gasteiger partial charge in [-0.15, -0.1) is 0 Å². The van der Waals surface area contributed by atoms with Gasteiger partial charge in [0.2, 0.25) is 10.0 Å². The Morgan fingerprint density at radius 3 is 2.59 bits per heavy atom. The Hall–Kier alpha value is -3.63. The van der Waals surface area contributed by atoms with Gasteiger partial charge in [-0.3, -0.25) is 9.71 Å². The third kappa shape index (κ3) is 4.55. The number of benzene rings is 1. The average molecular weight is 494 g/mol. The third-order valence-electron chi connectivity index (χ3n) is 5.62. The summed E-state index contributed by atoms with van der Waals surface area (Å²) in [5.41, 5.74) is 3.24. The molecule has 3 aromatic heterocycles. The van der Waals surface area contributed by atoms with Crippen LogP contribution in [-0.2, 0) is 16.6 Å². The molecule has 1 aromatic carbocycles. The Labute approximate surface area is 203 Å². The van der Waals surface area contributed by atoms with Gasteiger partial charge >= 0.3 is 0 Å². The first-order valence-corrected chi connectivity index (χ1v) is 12.9. The van der Waals surface area contributed by atoms with Gasteiger partial charge < -0.3 is 19.2 Å². The molecule has 0 bridgehead atoms. The zero-order chi connectivity index (χ0) is 23.7. The molecule has 0 aliphatic carbocycles. The summed E-state index contributed by atoms with van der Waals surface area (Å²) in [5, 5.41) is 4.01. The highest BCUT2D eigenvalue weighted by molar-refractivity contribution is 7.92. The standard InChI is InChI=1S/C24H23N5O3S2/c1-34(30,31)27-17-9-11-18(12-10-17)29-23(22(26-24(29)33)20-7-2-3-13-25-20)21-8-4-14-28(21)16-19-6-5-15-32-19/h2-15,22-23,27H,16H2,1H3,(H,26,33)/t22-,23+/m1/s1. The van der Waals surface area contributed by atoms with E-state index in [-0.39, 0.29) is 12.1 Å². The maximum atomic E-state index is 11.6. The monoisotopic (exact) mass is 493 g/mol. The Morgan fingerprint density at radius 2 is 1.91 bits per heavy atom. The number of aromatic nitrogens is 2. The van der Waals surface area contributed by atoms with Crippen LogP contribution in [0.4, 0.5) is 11.4 Å². The molecule has 1 aliphatic heterocycles. The second kappa shape index (κ2) is 8.96. The van der Waals surface area contributed by atoms with Gasteiger partial charge in [-0.1, -0.05) is 6.07 Å². The van der Waals surface area contributed by atoms with Crippen LogP contribution >= 0.6 is 12.2 Å². The van der Waals surface area contributed by atoms with E-state index >= 15 is 0 Å². The predicted molar refractivity (Wildman–Crippen MR) is 135 cm³/mol. The summed E-state index contributed by atoms with van der Waals surface area (Å²) in [6.45, 7) is 0.582. The number of nitrogens with one attached hydrogen (secondary N) is 2. The second-order valence-electron chi connectivity index (χ2n) is 8.06. The number of hydrogen-bond acceptors (Lipinski definition) is 5. The number of nitrogens with zero attached hydrogens (tertiary/aromatic N) is 3. The number of anilines is 2. The van der Waals surface area contributed by atoms with Crippen LogP contribution in [0.3, 0.4) is 0 Å². The van der Waals surface area contributed by atoms with E-state index in [1.54, 1.807) is 24.6 Å². The van der Waals surface area contributed by atoms with E-state index in [2.05, 4.69) is 25.7 Å². The molecular formula is C24H23N5O3S2. The van der Waals surface area contributed by atoms with Gasteiger partial charge in [0.15, 0.2) is 5.11 Å². The van der Waals surface area contributed by atoms with Crippen molar-refractivity contribution in [2.45, 2.75) is 18.6 Å². The van der Waals surface area contributed by atoms with Gasteiger partial charge in [-0.05, 0) is 72.9 Å². The van der Waals surface area contributed by atoms with Crippen molar-refractivity contribution < 1.29 is 12.8 Å². The lowest BCUT2D eigenvalue weighted by molar-refractivity contribution is 0.475. The zero-order valence-electron chi connectivity index (χ0n) is 18.3. The zero-order valence-corrected chi connectivity index (χ0v) is 20.0. The topological polar surface area (TPSA) is 92.4 Å². The van der Waals surface area contributed by atoms with Crippen molar-refractivity contribution in [3.8, 4) is 0 Å². The van der Waals surface area contributed by atoms with Crippen LogP contribution in [-0.4, -0.2) is 29.3 Å². The summed E-state index contributed by atoms with van der Waals surface area (Å²) < 4.78 is 33.4. The summed E-state index contributed by atoms with van der Waals surface area (Å²) in [7, 11) is -3.36. The number of pyridine rings is 1. The van der Waals surface area contributed by atoms with Crippen LogP contribution in [0, 0.1) is 0 Å². The largest absolute Gasteiger partial charge is 0.467 e. The molecule has 0 amide bonds. The van der Waals surface area contributed by atoms with Gasteiger partial charge in [0, 0.05) is 29.5 Å². The molecule has 1 fully saturated rings. The lowest BCUT2D eigenvalue weighted by atomic mass is 10.0. The lowest BCUT2D eigenvalue weighted by Gasteiger charge is -2.29. The number of furan rings is 1. The van der Waals surface area contributed by atoms with Crippen molar-refractivity contribution >= 4 is 38.7 Å². The van der Waals surface area contributed by atoms with E-state index in [4.69, 9.17) is 16.6 Å². The highest BCUT2D eigenvalue weighted by Gasteiger charge is 2.42. The molecule has 34 heavy (non-hydrogen) atoms. The molecular weight excluding hydrogens is 470 g/mol. The van der Waals surface area contributed by atoms with Crippen LogP contribution in [0.25, 0.3) is 0 Å². The first-order chi connectivity index (χ1) is 16.4. The molecule has 1 saturated heterocycles. The van der Waals surface area contributed by atoms with E-state index in [0.717, 1.165) is 29.1 Å². The Balaban J connectivity index is 1.56. The summed E-state index contributed by atoms with van der Waals surface area (Å²) >= 11 is 5.78. The van der Waals surface area contributed by atoms with Gasteiger partial charge in [0.05, 0.1) is 30.8 Å². The third-order valence-corrected chi connectivity index (χ3v) is 6.54. The molecule has 0 radical (unpaired) electrons. The SMILES string of the molecule is CS(=O)(=O)Nc1ccc(N2C(=S)N[C@H](c3ccccn3)[C@@H]2c2cccn2Cc2ccco2)cc1. The average Bonchev–Trinajstić information content (AvgIpc) is 3.55. The Kier molecular flexibility index (Phi) is 5.84. The molecule has 5 rings (SSSR count). The molecule has 8 nitrogen and oxygen atoms in total. The van der Waals surface area contributed by atoms with Crippen LogP contribution in [0.2, 0.25) is 0 Å². The minimum atomic E-state index is -3.36. The molecule has 2 N–H and O–H groups in total. The summed E-state index contributed by atoms with van der Waals surface area (Å²) in [6.07, 6.45) is 6.58. The first-order valence-electron chi connectivity index (χ1n) is 10.6. The van der Waals surface area contributed by atoms with Crippen molar-refractivity contribution in [1.82, 2.24) is 14.9 Å². The smallest absolute Gasteiger partial charge is 0.229 e. The fourth-order valence-corrected chi connectivity index (χ4v) is 5.16. The second-order valence-corrected chi connectivity index (χ2v) is 10.2. The fraction of sp³-hybridized carbons (Fsp3) is 0.167. The van der Waals surface area contributed by atoms with Crippen molar-refractivity contribution in [2.24, 2.45) is 0 Å². The molecule has 4 heterocycles. The van der Waals surface area contributed by atoms with Crippen molar-refractivity contribution in [3.63, 3.8) is 0 Å². The highest BCUT2D eigenvalue weighted by Crippen LogP contribution is 2.42. The molecule has 0 unspecified atom stereocenters. The van der Waals surface area contributed by atoms with Crippen molar-refractivity contribution in [3.05, 3.63) is 103 Å². The van der Waals surface area contributed by atoms with Crippen molar-refractivity contribution in [1.29, 1.82) is 0 Å². The Morgan fingerprint density at radius 1 is 1.09 bits per heavy atom. The van der Waals surface area contributed by atoms with E-state index < -0.39 is 10.0 Å². The normalized spacial score (nSPS) is 18.1. The lowest BCUT2D eigenvalue weighted by Crippen LogP contribution is -2.30. The minimum absolute atomic E-state index is 0.187. The van der Waals surface area contributed by atoms with E-state index in [1.807, 2.05) is 59.6 Å². The summed E-state index contributed by atoms with van der Waals surface area (Å²) in [5.74, 6) is 0.850. The predicted octanol–water partition coefficient (Wildman–Crippen LogP) is 4.07. The van der Waals surface area contributed by atoms with Crippen LogP contribution < -0.4 is 14.9 Å². The quantitative estimate of drug-likeness (QED) is 0.375. The Bertz CT molecular complexity index is 1380. The van der Waals surface area contributed by atoms with Crippen LogP contribution in [0.5, 0.6) is 0 Å². The number of rotatable bonds is 7. The molecule has 0 saturated carbocycles. The van der Waals surface area contributed by atoms with Gasteiger partial charge in [0.1, 0.15) is 11.8 Å². The van der Waals surface area contributed by atoms with Gasteiger partial charge in [-0.25, -0.2) is 8.42 Å². The fourth-order valence-electron chi connectivity index (χ4n) is 4.25. The number of hydrogen-bond donors (Lipinski definition) is 2. The molecule has 0 spiro atoms.